The molecule has 0 amide bonds. The first-order valence-electron chi connectivity index (χ1n) is 3.86. The van der Waals surface area contributed by atoms with Crippen LogP contribution in [0.5, 0.6) is 5.75 Å². The molecule has 0 fully saturated rings. The number of ether oxygens (including phenoxy) is 1. The Balaban J connectivity index is 2.80. The molecule has 2 heteroatoms. The van der Waals surface area contributed by atoms with Crippen LogP contribution in [0.25, 0.3) is 6.08 Å². The maximum atomic E-state index is 5.34. The van der Waals surface area contributed by atoms with Gasteiger partial charge in [-0.15, -0.1) is 0 Å². The maximum absolute atomic E-state index is 5.34. The predicted octanol–water partition coefficient (Wildman–Crippen LogP) is 3.45. The summed E-state index contributed by atoms with van der Waals surface area (Å²) < 4.78 is 5.34. The van der Waals surface area contributed by atoms with Crippen LogP contribution in [-0.2, 0) is 0 Å². The largest absolute Gasteiger partial charge is 0.494 e. The normalized spacial score (nSPS) is 10.5. The van der Waals surface area contributed by atoms with Gasteiger partial charge in [0.05, 0.1) is 6.61 Å². The molecule has 0 saturated heterocycles. The van der Waals surface area contributed by atoms with E-state index in [1.165, 1.54) is 0 Å². The standard InChI is InChI=1S/C10H11BrO/c1-2-12-10-5-3-4-9(8-10)6-7-11/h3-8H,2H2,1H3/b7-6+. The monoisotopic (exact) mass is 226 g/mol. The lowest BCUT2D eigenvalue weighted by atomic mass is 10.2. The van der Waals surface area contributed by atoms with Crippen LogP contribution in [-0.4, -0.2) is 6.61 Å². The number of halogens is 1. The first-order valence-corrected chi connectivity index (χ1v) is 4.78. The highest BCUT2D eigenvalue weighted by molar-refractivity contribution is 9.11. The molecule has 0 N–H and O–H groups in total. The molecule has 0 aromatic heterocycles. The summed E-state index contributed by atoms with van der Waals surface area (Å²) in [5, 5.41) is 0. The molecular formula is C10H11BrO. The van der Waals surface area contributed by atoms with Crippen LogP contribution in [0.3, 0.4) is 0 Å². The van der Waals surface area contributed by atoms with Crippen molar-refractivity contribution >= 4 is 22.0 Å². The van der Waals surface area contributed by atoms with Gasteiger partial charge in [-0.3, -0.25) is 0 Å². The molecule has 0 saturated carbocycles. The Morgan fingerprint density at radius 1 is 1.50 bits per heavy atom. The van der Waals surface area contributed by atoms with Crippen LogP contribution in [0.4, 0.5) is 0 Å². The van der Waals surface area contributed by atoms with E-state index in [1.54, 1.807) is 0 Å². The molecule has 0 heterocycles. The molecule has 0 aliphatic heterocycles. The molecule has 1 aromatic rings. The predicted molar refractivity (Wildman–Crippen MR) is 55.6 cm³/mol. The Labute approximate surface area is 81.2 Å². The minimum Gasteiger partial charge on any atom is -0.494 e. The maximum Gasteiger partial charge on any atom is 0.119 e. The highest BCUT2D eigenvalue weighted by Gasteiger charge is 1.91. The zero-order valence-electron chi connectivity index (χ0n) is 6.96. The molecule has 0 atom stereocenters. The van der Waals surface area contributed by atoms with E-state index in [4.69, 9.17) is 4.74 Å². The van der Waals surface area contributed by atoms with Gasteiger partial charge in [0.25, 0.3) is 0 Å². The lowest BCUT2D eigenvalue weighted by Crippen LogP contribution is -1.90. The average Bonchev–Trinajstić information content (AvgIpc) is 2.06. The molecular weight excluding hydrogens is 216 g/mol. The van der Waals surface area contributed by atoms with Gasteiger partial charge in [0, 0.05) is 0 Å². The molecule has 0 spiro atoms. The average molecular weight is 227 g/mol. The Kier molecular flexibility index (Phi) is 3.88. The summed E-state index contributed by atoms with van der Waals surface area (Å²) >= 11 is 3.23. The van der Waals surface area contributed by atoms with Crippen molar-refractivity contribution in [1.29, 1.82) is 0 Å². The summed E-state index contributed by atoms with van der Waals surface area (Å²) in [6.45, 7) is 2.69. The van der Waals surface area contributed by atoms with Crippen LogP contribution < -0.4 is 4.74 Å². The van der Waals surface area contributed by atoms with Crippen molar-refractivity contribution in [2.24, 2.45) is 0 Å². The van der Waals surface area contributed by atoms with Gasteiger partial charge in [0.2, 0.25) is 0 Å². The Bertz CT molecular complexity index is 268. The smallest absolute Gasteiger partial charge is 0.119 e. The van der Waals surface area contributed by atoms with E-state index in [9.17, 15) is 0 Å². The van der Waals surface area contributed by atoms with Crippen molar-refractivity contribution in [3.8, 4) is 5.75 Å². The van der Waals surface area contributed by atoms with E-state index in [2.05, 4.69) is 15.9 Å². The molecule has 0 unspecified atom stereocenters. The molecule has 1 nitrogen and oxygen atoms in total. The van der Waals surface area contributed by atoms with Crippen LogP contribution in [0, 0.1) is 0 Å². The molecule has 0 radical (unpaired) electrons. The first-order chi connectivity index (χ1) is 5.86. The fourth-order valence-corrected chi connectivity index (χ4v) is 1.25. The van der Waals surface area contributed by atoms with Gasteiger partial charge >= 0.3 is 0 Å². The van der Waals surface area contributed by atoms with Crippen molar-refractivity contribution in [2.45, 2.75) is 6.92 Å². The van der Waals surface area contributed by atoms with Crippen molar-refractivity contribution in [2.75, 3.05) is 6.61 Å². The van der Waals surface area contributed by atoms with Crippen molar-refractivity contribution in [3.63, 3.8) is 0 Å². The second-order valence-electron chi connectivity index (χ2n) is 2.30. The summed E-state index contributed by atoms with van der Waals surface area (Å²) in [5.41, 5.74) is 1.14. The Morgan fingerprint density at radius 3 is 3.00 bits per heavy atom. The third-order valence-corrected chi connectivity index (χ3v) is 1.69. The quantitative estimate of drug-likeness (QED) is 0.768. The highest BCUT2D eigenvalue weighted by Crippen LogP contribution is 2.14. The minimum atomic E-state index is 0.710. The first kappa shape index (κ1) is 9.33. The summed E-state index contributed by atoms with van der Waals surface area (Å²) in [6.07, 6.45) is 1.97. The SMILES string of the molecule is CCOc1cccc(/C=C/Br)c1. The summed E-state index contributed by atoms with van der Waals surface area (Å²) in [4.78, 5) is 1.83. The summed E-state index contributed by atoms with van der Waals surface area (Å²) in [5.74, 6) is 0.917. The van der Waals surface area contributed by atoms with Crippen LogP contribution in [0.2, 0.25) is 0 Å². The molecule has 0 bridgehead atoms. The lowest BCUT2D eigenvalue weighted by Gasteiger charge is -2.02. The fourth-order valence-electron chi connectivity index (χ4n) is 0.947. The molecule has 0 aliphatic rings. The van der Waals surface area contributed by atoms with Gasteiger partial charge in [-0.2, -0.15) is 0 Å². The number of benzene rings is 1. The van der Waals surface area contributed by atoms with Gasteiger partial charge in [-0.25, -0.2) is 0 Å². The van der Waals surface area contributed by atoms with Crippen LogP contribution in [0.15, 0.2) is 29.3 Å². The molecule has 1 rings (SSSR count). The summed E-state index contributed by atoms with van der Waals surface area (Å²) in [6, 6.07) is 7.96. The minimum absolute atomic E-state index is 0.710. The van der Waals surface area contributed by atoms with Crippen LogP contribution in [0.1, 0.15) is 12.5 Å². The van der Waals surface area contributed by atoms with E-state index in [0.29, 0.717) is 6.61 Å². The topological polar surface area (TPSA) is 9.23 Å². The number of rotatable bonds is 3. The molecule has 64 valence electrons. The van der Waals surface area contributed by atoms with Gasteiger partial charge < -0.3 is 4.74 Å². The van der Waals surface area contributed by atoms with Crippen molar-refractivity contribution < 1.29 is 4.74 Å². The van der Waals surface area contributed by atoms with Crippen molar-refractivity contribution in [3.05, 3.63) is 34.8 Å². The second kappa shape index (κ2) is 4.99. The third kappa shape index (κ3) is 2.70. The van der Waals surface area contributed by atoms with E-state index >= 15 is 0 Å². The second-order valence-corrected chi connectivity index (χ2v) is 2.83. The van der Waals surface area contributed by atoms with Gasteiger partial charge in [-0.1, -0.05) is 28.1 Å². The van der Waals surface area contributed by atoms with E-state index in [0.717, 1.165) is 11.3 Å². The highest BCUT2D eigenvalue weighted by atomic mass is 79.9. The van der Waals surface area contributed by atoms with Crippen LogP contribution >= 0.6 is 15.9 Å². The molecule has 0 aliphatic carbocycles. The van der Waals surface area contributed by atoms with Gasteiger partial charge in [-0.05, 0) is 35.7 Å². The zero-order valence-corrected chi connectivity index (χ0v) is 8.54. The summed E-state index contributed by atoms with van der Waals surface area (Å²) in [7, 11) is 0. The van der Waals surface area contributed by atoms with Gasteiger partial charge in [0.1, 0.15) is 5.75 Å². The lowest BCUT2D eigenvalue weighted by molar-refractivity contribution is 0.340. The van der Waals surface area contributed by atoms with E-state index in [1.807, 2.05) is 42.3 Å². The molecule has 12 heavy (non-hydrogen) atoms. The number of hydrogen-bond donors (Lipinski definition) is 0. The Hall–Kier alpha value is -0.760. The number of hydrogen-bond acceptors (Lipinski definition) is 1. The zero-order chi connectivity index (χ0) is 8.81. The Morgan fingerprint density at radius 2 is 2.33 bits per heavy atom. The fraction of sp³-hybridized carbons (Fsp3) is 0.200. The van der Waals surface area contributed by atoms with E-state index in [-0.39, 0.29) is 0 Å². The molecule has 1 aromatic carbocycles. The third-order valence-electron chi connectivity index (χ3n) is 1.42. The van der Waals surface area contributed by atoms with Gasteiger partial charge in [0.15, 0.2) is 0 Å². The van der Waals surface area contributed by atoms with Crippen molar-refractivity contribution in [1.82, 2.24) is 0 Å². The van der Waals surface area contributed by atoms with E-state index < -0.39 is 0 Å².